The van der Waals surface area contributed by atoms with Crippen molar-refractivity contribution in [1.82, 2.24) is 4.90 Å². The smallest absolute Gasteiger partial charge is 0.327 e. The van der Waals surface area contributed by atoms with Crippen molar-refractivity contribution in [3.63, 3.8) is 0 Å². The maximum atomic E-state index is 10.5. The van der Waals surface area contributed by atoms with Crippen molar-refractivity contribution in [3.8, 4) is 0 Å². The van der Waals surface area contributed by atoms with Gasteiger partial charge in [-0.15, -0.1) is 0 Å². The third-order valence-electron chi connectivity index (χ3n) is 3.51. The molecule has 1 heterocycles. The minimum atomic E-state index is -1.67. The largest absolute Gasteiger partial charge is 0.550 e. The first-order valence-electron chi connectivity index (χ1n) is 7.01. The van der Waals surface area contributed by atoms with Crippen molar-refractivity contribution >= 4 is 15.3 Å². The molecule has 118 valence electrons. The van der Waals surface area contributed by atoms with Crippen LogP contribution in [0.15, 0.2) is 0 Å². The Bertz CT molecular complexity index is 294. The maximum absolute atomic E-state index is 10.5. The summed E-state index contributed by atoms with van der Waals surface area (Å²) in [6, 6.07) is 0.860. The summed E-state index contributed by atoms with van der Waals surface area (Å²) in [6.07, 6.45) is 0.0758. The van der Waals surface area contributed by atoms with Crippen LogP contribution in [-0.2, 0) is 13.6 Å². The molecule has 0 unspecified atom stereocenters. The third-order valence-corrected chi connectivity index (χ3v) is 5.46. The standard InChI is InChI=1S/C12H26N2O5Si/c1-14(2,6-3-12(16)17)7-10-20-18-8-4-13(11-15)5-9-19-20/h15,20H,3-11H2,1-2H3. The normalized spacial score (nSPS) is 19.6. The van der Waals surface area contributed by atoms with Crippen molar-refractivity contribution in [2.24, 2.45) is 0 Å². The fourth-order valence-electron chi connectivity index (χ4n) is 2.06. The molecule has 1 N–H and O–H groups in total. The number of hydrogen-bond acceptors (Lipinski definition) is 6. The zero-order chi connectivity index (χ0) is 15.0. The number of carbonyl (C=O) groups is 1. The second kappa shape index (κ2) is 8.70. The van der Waals surface area contributed by atoms with Crippen LogP contribution in [-0.4, -0.2) is 90.0 Å². The summed E-state index contributed by atoms with van der Waals surface area (Å²) in [6.45, 7) is 4.06. The zero-order valence-corrected chi connectivity index (χ0v) is 13.6. The first kappa shape index (κ1) is 17.5. The summed E-state index contributed by atoms with van der Waals surface area (Å²) in [7, 11) is 2.34. The summed E-state index contributed by atoms with van der Waals surface area (Å²) in [4.78, 5) is 12.4. The number of carboxylic acid groups (broad SMARTS) is 1. The van der Waals surface area contributed by atoms with Gasteiger partial charge in [0.1, 0.15) is 0 Å². The highest BCUT2D eigenvalue weighted by molar-refractivity contribution is 6.44. The highest BCUT2D eigenvalue weighted by atomic mass is 28.3. The van der Waals surface area contributed by atoms with E-state index in [4.69, 9.17) is 14.0 Å². The number of rotatable bonds is 7. The fraction of sp³-hybridized carbons (Fsp3) is 0.917. The van der Waals surface area contributed by atoms with Gasteiger partial charge in [-0.1, -0.05) is 0 Å². The molecule has 0 aromatic carbocycles. The number of aliphatic hydroxyl groups is 1. The lowest BCUT2D eigenvalue weighted by Crippen LogP contribution is -2.46. The molecule has 1 saturated heterocycles. The summed E-state index contributed by atoms with van der Waals surface area (Å²) in [5.74, 6) is -1.00. The van der Waals surface area contributed by atoms with Gasteiger partial charge >= 0.3 is 9.28 Å². The van der Waals surface area contributed by atoms with E-state index in [2.05, 4.69) is 0 Å². The van der Waals surface area contributed by atoms with E-state index in [1.54, 1.807) is 0 Å². The van der Waals surface area contributed by atoms with E-state index in [0.717, 1.165) is 25.7 Å². The van der Waals surface area contributed by atoms with Crippen LogP contribution in [0.3, 0.4) is 0 Å². The Labute approximate surface area is 122 Å². The molecule has 0 atom stereocenters. The van der Waals surface area contributed by atoms with Crippen molar-refractivity contribution in [1.29, 1.82) is 0 Å². The number of aliphatic hydroxyl groups excluding tert-OH is 1. The number of aliphatic carboxylic acids is 1. The zero-order valence-electron chi connectivity index (χ0n) is 12.4. The summed E-state index contributed by atoms with van der Waals surface area (Å²) in [5, 5.41) is 19.6. The van der Waals surface area contributed by atoms with Gasteiger partial charge in [-0.25, -0.2) is 0 Å². The predicted octanol–water partition coefficient (Wildman–Crippen LogP) is -2.28. The molecule has 1 aliphatic heterocycles. The van der Waals surface area contributed by atoms with Crippen LogP contribution in [0.25, 0.3) is 0 Å². The molecule has 0 aliphatic carbocycles. The molecular formula is C12H26N2O5Si. The molecule has 0 spiro atoms. The molecule has 1 rings (SSSR count). The average Bonchev–Trinajstić information content (AvgIpc) is 2.35. The van der Waals surface area contributed by atoms with Crippen LogP contribution >= 0.6 is 0 Å². The van der Waals surface area contributed by atoms with Gasteiger partial charge in [-0.05, 0) is 0 Å². The highest BCUT2D eigenvalue weighted by Gasteiger charge is 2.23. The van der Waals surface area contributed by atoms with Gasteiger partial charge in [-0.2, -0.15) is 0 Å². The number of nitrogens with zero attached hydrogens (tertiary/aromatic N) is 2. The molecule has 0 bridgehead atoms. The molecule has 20 heavy (non-hydrogen) atoms. The van der Waals surface area contributed by atoms with Gasteiger partial charge in [0.2, 0.25) is 0 Å². The van der Waals surface area contributed by atoms with Crippen LogP contribution in [0.1, 0.15) is 6.42 Å². The van der Waals surface area contributed by atoms with Gasteiger partial charge in [0.05, 0.1) is 33.9 Å². The van der Waals surface area contributed by atoms with Gasteiger partial charge in [0.15, 0.2) is 0 Å². The second-order valence-electron chi connectivity index (χ2n) is 5.72. The van der Waals surface area contributed by atoms with Crippen molar-refractivity contribution in [2.45, 2.75) is 12.5 Å². The molecular weight excluding hydrogens is 280 g/mol. The third kappa shape index (κ3) is 7.32. The van der Waals surface area contributed by atoms with E-state index in [-0.39, 0.29) is 13.2 Å². The Morgan fingerprint density at radius 2 is 1.90 bits per heavy atom. The Hall–Kier alpha value is -0.513. The van der Waals surface area contributed by atoms with E-state index < -0.39 is 15.3 Å². The molecule has 0 aromatic heterocycles. The Kier molecular flexibility index (Phi) is 7.63. The molecule has 0 saturated carbocycles. The van der Waals surface area contributed by atoms with E-state index in [0.29, 0.717) is 24.2 Å². The number of carboxylic acids is 1. The maximum Gasteiger partial charge on any atom is 0.327 e. The lowest BCUT2D eigenvalue weighted by atomic mass is 10.3. The summed E-state index contributed by atoms with van der Waals surface area (Å²) >= 11 is 0. The Morgan fingerprint density at radius 1 is 1.30 bits per heavy atom. The van der Waals surface area contributed by atoms with E-state index in [1.165, 1.54) is 0 Å². The lowest BCUT2D eigenvalue weighted by molar-refractivity contribution is -0.888. The van der Waals surface area contributed by atoms with Crippen molar-refractivity contribution in [3.05, 3.63) is 0 Å². The minimum Gasteiger partial charge on any atom is -0.550 e. The van der Waals surface area contributed by atoms with Gasteiger partial charge in [0, 0.05) is 44.7 Å². The van der Waals surface area contributed by atoms with Gasteiger partial charge < -0.3 is 28.3 Å². The van der Waals surface area contributed by atoms with E-state index in [1.807, 2.05) is 19.0 Å². The summed E-state index contributed by atoms with van der Waals surface area (Å²) in [5.41, 5.74) is 0. The average molecular weight is 306 g/mol. The highest BCUT2D eigenvalue weighted by Crippen LogP contribution is 2.08. The van der Waals surface area contributed by atoms with Gasteiger partial charge in [0.25, 0.3) is 0 Å². The van der Waals surface area contributed by atoms with Gasteiger partial charge in [-0.3, -0.25) is 4.90 Å². The molecule has 7 nitrogen and oxygen atoms in total. The summed E-state index contributed by atoms with van der Waals surface area (Å²) < 4.78 is 12.2. The topological polar surface area (TPSA) is 82.1 Å². The minimum absolute atomic E-state index is 0.0338. The number of quaternary nitrogens is 1. The van der Waals surface area contributed by atoms with E-state index in [9.17, 15) is 9.90 Å². The lowest BCUT2D eigenvalue weighted by Gasteiger charge is -2.32. The van der Waals surface area contributed by atoms with Crippen LogP contribution in [0.2, 0.25) is 6.04 Å². The van der Waals surface area contributed by atoms with Crippen LogP contribution in [0.5, 0.6) is 0 Å². The Balaban J connectivity index is 2.28. The number of hydrogen-bond donors (Lipinski definition) is 1. The molecule has 1 aliphatic rings. The van der Waals surface area contributed by atoms with Crippen LogP contribution < -0.4 is 5.11 Å². The molecule has 0 radical (unpaired) electrons. The molecule has 0 aromatic rings. The van der Waals surface area contributed by atoms with Crippen molar-refractivity contribution < 1.29 is 28.3 Å². The predicted molar refractivity (Wildman–Crippen MR) is 74.0 cm³/mol. The first-order chi connectivity index (χ1) is 9.43. The molecule has 1 fully saturated rings. The number of carbonyl (C=O) groups excluding carboxylic acids is 1. The molecule has 0 amide bonds. The Morgan fingerprint density at radius 3 is 2.40 bits per heavy atom. The fourth-order valence-corrected chi connectivity index (χ4v) is 4.13. The first-order valence-corrected chi connectivity index (χ1v) is 8.77. The van der Waals surface area contributed by atoms with Crippen LogP contribution in [0, 0.1) is 0 Å². The SMILES string of the molecule is C[N+](C)(CCC(=O)[O-])CC[SiH]1OCCN(CO)CCO1. The van der Waals surface area contributed by atoms with Crippen molar-refractivity contribution in [2.75, 3.05) is 60.2 Å². The van der Waals surface area contributed by atoms with E-state index >= 15 is 0 Å². The monoisotopic (exact) mass is 306 g/mol. The second-order valence-corrected chi connectivity index (χ2v) is 7.83. The quantitative estimate of drug-likeness (QED) is 0.422. The molecule has 8 heteroatoms. The van der Waals surface area contributed by atoms with Crippen LogP contribution in [0.4, 0.5) is 0 Å².